The molecule has 5 aliphatic rings. The van der Waals surface area contributed by atoms with Gasteiger partial charge in [0.05, 0.1) is 47.9 Å². The molecular weight excluding hydrogens is 853 g/mol. The third-order valence-corrected chi connectivity index (χ3v) is 13.4. The molecule has 3 N–H and O–H groups in total. The number of likely N-dealkylation sites (tertiary alicyclic amines) is 2. The number of methoxy groups -OCH3 is 1. The molecule has 338 valence electrons. The predicted molar refractivity (Wildman–Crippen MR) is 227 cm³/mol. The second kappa shape index (κ2) is 16.1. The Morgan fingerprint density at radius 2 is 1.74 bits per heavy atom. The maximum atomic E-state index is 16.0. The largest absolute Gasteiger partial charge is 0.385 e. The number of hydrogen-bond donors (Lipinski definition) is 3. The van der Waals surface area contributed by atoms with Crippen LogP contribution in [0.15, 0.2) is 55.0 Å². The fraction of sp³-hybridized carbons (Fsp3) is 0.409. The van der Waals surface area contributed by atoms with Crippen molar-refractivity contribution in [3.63, 3.8) is 0 Å². The van der Waals surface area contributed by atoms with E-state index in [1.807, 2.05) is 29.2 Å². The molecule has 0 bridgehead atoms. The van der Waals surface area contributed by atoms with Crippen LogP contribution in [0.4, 0.5) is 45.2 Å². The third kappa shape index (κ3) is 7.25. The molecule has 1 aromatic carbocycles. The lowest BCUT2D eigenvalue weighted by Gasteiger charge is -2.57. The molecule has 4 aromatic heterocycles. The van der Waals surface area contributed by atoms with Gasteiger partial charge in [0.1, 0.15) is 17.2 Å². The normalized spacial score (nSPS) is 21.2. The molecule has 0 radical (unpaired) electrons. The minimum atomic E-state index is -3.28. The number of alkyl halides is 2. The highest BCUT2D eigenvalue weighted by Gasteiger charge is 2.63. The summed E-state index contributed by atoms with van der Waals surface area (Å²) in [5.74, 6) is -5.84. The molecular formula is C44H44F4N12O5. The van der Waals surface area contributed by atoms with Crippen LogP contribution in [-0.2, 0) is 22.5 Å². The molecule has 0 unspecified atom stereocenters. The minimum Gasteiger partial charge on any atom is -0.385 e. The monoisotopic (exact) mass is 896 g/mol. The summed E-state index contributed by atoms with van der Waals surface area (Å²) in [4.78, 5) is 69.2. The van der Waals surface area contributed by atoms with E-state index in [1.165, 1.54) is 16.8 Å². The number of rotatable bonds is 10. The molecule has 10 rings (SSSR count). The van der Waals surface area contributed by atoms with E-state index in [0.29, 0.717) is 41.2 Å². The van der Waals surface area contributed by atoms with E-state index in [1.54, 1.807) is 25.3 Å². The van der Waals surface area contributed by atoms with E-state index in [9.17, 15) is 23.6 Å². The van der Waals surface area contributed by atoms with Crippen molar-refractivity contribution in [2.75, 3.05) is 68.5 Å². The van der Waals surface area contributed by atoms with Gasteiger partial charge in [0.2, 0.25) is 5.91 Å². The van der Waals surface area contributed by atoms with E-state index >= 15 is 13.2 Å². The summed E-state index contributed by atoms with van der Waals surface area (Å²) in [5.41, 5.74) is 2.41. The zero-order valence-corrected chi connectivity index (χ0v) is 35.4. The number of imidazole rings is 1. The Morgan fingerprint density at radius 3 is 2.46 bits per heavy atom. The number of aromatic nitrogens is 5. The number of nitrogens with zero attached hydrogens (tertiary/aromatic N) is 9. The Bertz CT molecular complexity index is 2780. The van der Waals surface area contributed by atoms with Gasteiger partial charge < -0.3 is 25.2 Å². The lowest BCUT2D eigenvalue weighted by atomic mass is 9.69. The lowest BCUT2D eigenvalue weighted by Crippen LogP contribution is -2.70. The SMILES string of the molecule is CNc1cc(N2CCc3c(-c4ncc(CN5CC6(CCN(C(=O)c7cc(N8CCC(=O)NC8=O)c(F)cn7)CC6(F)F)C5)cc4F)cccc32)nn2c(C(=O)N[C@@H]3CC[C@H]3OC)cnc12. The average Bonchev–Trinajstić information content (AvgIpc) is 3.90. The molecule has 5 aromatic rings. The summed E-state index contributed by atoms with van der Waals surface area (Å²) in [7, 11) is 3.39. The van der Waals surface area contributed by atoms with Gasteiger partial charge in [-0.3, -0.25) is 34.5 Å². The number of imide groups is 1. The van der Waals surface area contributed by atoms with Crippen molar-refractivity contribution in [2.45, 2.75) is 56.7 Å². The van der Waals surface area contributed by atoms with Gasteiger partial charge in [-0.25, -0.2) is 36.8 Å². The maximum absolute atomic E-state index is 16.0. The number of pyridine rings is 2. The Hall–Kier alpha value is -6.74. The topological polar surface area (TPSA) is 183 Å². The summed E-state index contributed by atoms with van der Waals surface area (Å²) < 4.78 is 69.6. The lowest BCUT2D eigenvalue weighted by molar-refractivity contribution is -0.220. The van der Waals surface area contributed by atoms with Gasteiger partial charge in [-0.2, -0.15) is 0 Å². The number of benzene rings is 1. The second-order valence-corrected chi connectivity index (χ2v) is 17.2. The number of urea groups is 1. The fourth-order valence-corrected chi connectivity index (χ4v) is 9.71. The first kappa shape index (κ1) is 42.2. The Kier molecular flexibility index (Phi) is 10.4. The Morgan fingerprint density at radius 1 is 0.923 bits per heavy atom. The zero-order chi connectivity index (χ0) is 45.4. The number of amides is 5. The summed E-state index contributed by atoms with van der Waals surface area (Å²) in [5, 5.41) is 13.1. The smallest absolute Gasteiger partial charge is 0.328 e. The number of anilines is 4. The summed E-state index contributed by atoms with van der Waals surface area (Å²) in [6, 6.07) is 8.89. The van der Waals surface area contributed by atoms with Crippen LogP contribution in [0, 0.1) is 17.0 Å². The minimum absolute atomic E-state index is 0.00180. The summed E-state index contributed by atoms with van der Waals surface area (Å²) >= 11 is 0. The third-order valence-electron chi connectivity index (χ3n) is 13.4. The van der Waals surface area contributed by atoms with E-state index in [0.717, 1.165) is 46.2 Å². The van der Waals surface area contributed by atoms with E-state index in [4.69, 9.17) is 9.84 Å². The van der Waals surface area contributed by atoms with Crippen molar-refractivity contribution < 1.29 is 41.5 Å². The first-order valence-corrected chi connectivity index (χ1v) is 21.4. The van der Waals surface area contributed by atoms with Gasteiger partial charge in [0.15, 0.2) is 23.0 Å². The van der Waals surface area contributed by atoms with Crippen molar-refractivity contribution in [2.24, 2.45) is 5.41 Å². The van der Waals surface area contributed by atoms with Crippen LogP contribution in [0.1, 0.15) is 57.8 Å². The number of hydrogen-bond acceptors (Lipinski definition) is 12. The zero-order valence-electron chi connectivity index (χ0n) is 35.4. The van der Waals surface area contributed by atoms with Crippen molar-refractivity contribution in [1.29, 1.82) is 0 Å². The van der Waals surface area contributed by atoms with Crippen molar-refractivity contribution in [3.8, 4) is 11.3 Å². The van der Waals surface area contributed by atoms with Gasteiger partial charge in [-0.1, -0.05) is 12.1 Å². The van der Waals surface area contributed by atoms with Gasteiger partial charge in [-0.15, -0.1) is 5.10 Å². The highest BCUT2D eigenvalue weighted by molar-refractivity contribution is 6.06. The Balaban J connectivity index is 0.802. The molecule has 4 fully saturated rings. The van der Waals surface area contributed by atoms with Gasteiger partial charge in [0.25, 0.3) is 17.7 Å². The van der Waals surface area contributed by atoms with Crippen LogP contribution in [0.2, 0.25) is 0 Å². The van der Waals surface area contributed by atoms with Crippen molar-refractivity contribution >= 4 is 52.3 Å². The number of fused-ring (bicyclic) bond motifs is 2. The van der Waals surface area contributed by atoms with Crippen LogP contribution in [-0.4, -0.2) is 130 Å². The van der Waals surface area contributed by atoms with E-state index in [2.05, 4.69) is 30.9 Å². The van der Waals surface area contributed by atoms with Gasteiger partial charge in [-0.05, 0) is 55.0 Å². The molecule has 17 nitrogen and oxygen atoms in total. The predicted octanol–water partition coefficient (Wildman–Crippen LogP) is 4.54. The molecule has 1 saturated carbocycles. The van der Waals surface area contributed by atoms with E-state index < -0.39 is 47.4 Å². The molecule has 1 spiro atoms. The number of ether oxygens (including phenoxy) is 1. The molecule has 4 aliphatic heterocycles. The summed E-state index contributed by atoms with van der Waals surface area (Å²) in [6.07, 6.45) is 5.94. The molecule has 8 heterocycles. The highest BCUT2D eigenvalue weighted by atomic mass is 19.3. The first-order valence-electron chi connectivity index (χ1n) is 21.4. The quantitative estimate of drug-likeness (QED) is 0.167. The van der Waals surface area contributed by atoms with Gasteiger partial charge >= 0.3 is 6.03 Å². The van der Waals surface area contributed by atoms with Crippen molar-refractivity contribution in [1.82, 2.24) is 45.0 Å². The Labute approximate surface area is 369 Å². The summed E-state index contributed by atoms with van der Waals surface area (Å²) in [6.45, 7) is -0.247. The molecule has 2 atom stereocenters. The number of carbonyl (C=O) groups excluding carboxylic acids is 4. The number of piperidine rings is 1. The standard InChI is InChI=1S/C44H44F4N12O5/c1-49-30-16-36(55-60-34(19-52-39(30)60)40(62)53-29-6-7-35(29)65-2)58-11-8-25-26(4-3-5-32(25)58)38-27(45)14-24(17-51-38)20-56-21-43(22-56)10-13-57(23-44(43,47)48)41(63)31-15-33(28(46)18-50-31)59-12-9-37(61)54-42(59)64/h3-5,14-19,29,35,49H,6-13,20-23H2,1-2H3,(H,53,62)(H,54,61,64)/t29-,35-/m1/s1. The second-order valence-electron chi connectivity index (χ2n) is 17.2. The van der Waals surface area contributed by atoms with Crippen LogP contribution in [0.3, 0.4) is 0 Å². The first-order chi connectivity index (χ1) is 31.3. The van der Waals surface area contributed by atoms with Crippen LogP contribution < -0.4 is 25.8 Å². The van der Waals surface area contributed by atoms with E-state index in [-0.39, 0.29) is 86.4 Å². The fourth-order valence-electron chi connectivity index (χ4n) is 9.71. The van der Waals surface area contributed by atoms with Crippen LogP contribution in [0.25, 0.3) is 16.9 Å². The highest BCUT2D eigenvalue weighted by Crippen LogP contribution is 2.51. The van der Waals surface area contributed by atoms with Crippen LogP contribution in [0.5, 0.6) is 0 Å². The number of carbonyl (C=O) groups is 4. The maximum Gasteiger partial charge on any atom is 0.328 e. The number of nitrogens with one attached hydrogen (secondary N) is 3. The van der Waals surface area contributed by atoms with Crippen molar-refractivity contribution in [3.05, 3.63) is 89.1 Å². The number of halogens is 4. The van der Waals surface area contributed by atoms with Crippen LogP contribution >= 0.6 is 0 Å². The molecule has 21 heteroatoms. The molecule has 1 aliphatic carbocycles. The van der Waals surface area contributed by atoms with Gasteiger partial charge in [0, 0.05) is 83.4 Å². The molecule has 65 heavy (non-hydrogen) atoms. The molecule has 3 saturated heterocycles. The average molecular weight is 897 g/mol. The molecule has 5 amide bonds.